The fourth-order valence-corrected chi connectivity index (χ4v) is 3.33. The van der Waals surface area contributed by atoms with E-state index in [2.05, 4.69) is 15.9 Å². The van der Waals surface area contributed by atoms with E-state index in [-0.39, 0.29) is 12.6 Å². The molecule has 1 heterocycles. The van der Waals surface area contributed by atoms with Gasteiger partial charge in [-0.25, -0.2) is 4.99 Å². The molecule has 1 aromatic carbocycles. The van der Waals surface area contributed by atoms with Gasteiger partial charge in [0.2, 0.25) is 11.9 Å². The second-order valence-corrected chi connectivity index (χ2v) is 5.81. The van der Waals surface area contributed by atoms with Crippen molar-refractivity contribution in [2.24, 2.45) is 21.5 Å². The normalized spacial score (nSPS) is 19.7. The first-order chi connectivity index (χ1) is 11.1. The van der Waals surface area contributed by atoms with Gasteiger partial charge in [0.15, 0.2) is 0 Å². The summed E-state index contributed by atoms with van der Waals surface area (Å²) >= 11 is 0. The van der Waals surface area contributed by atoms with E-state index in [9.17, 15) is 0 Å². The minimum Gasteiger partial charge on any atom is -0.481 e. The minimum atomic E-state index is -0.446. The van der Waals surface area contributed by atoms with Gasteiger partial charge in [-0.1, -0.05) is 18.4 Å². The van der Waals surface area contributed by atoms with E-state index in [1.54, 1.807) is 0 Å². The Morgan fingerprint density at radius 1 is 1.26 bits per heavy atom. The molecule has 1 fully saturated rings. The van der Waals surface area contributed by atoms with Crippen molar-refractivity contribution in [3.63, 3.8) is 0 Å². The molecule has 6 heteroatoms. The number of anilines is 1. The van der Waals surface area contributed by atoms with E-state index in [1.165, 1.54) is 6.42 Å². The molecule has 0 bridgehead atoms. The zero-order chi connectivity index (χ0) is 16.3. The molecule has 1 spiro atoms. The monoisotopic (exact) mass is 311 g/mol. The molecule has 1 saturated carbocycles. The van der Waals surface area contributed by atoms with Gasteiger partial charge in [-0.2, -0.15) is 4.99 Å². The van der Waals surface area contributed by atoms with Crippen LogP contribution in [0.2, 0.25) is 0 Å². The Morgan fingerprint density at radius 3 is 2.78 bits per heavy atom. The number of aliphatic imine (C=N–C) groups is 2. The van der Waals surface area contributed by atoms with Crippen molar-refractivity contribution in [2.45, 2.75) is 37.8 Å². The first-order valence-electron chi connectivity index (χ1n) is 7.81. The van der Waals surface area contributed by atoms with Crippen molar-refractivity contribution in [1.82, 2.24) is 0 Å². The smallest absolute Gasteiger partial charge is 0.220 e. The largest absolute Gasteiger partial charge is 0.481 e. The molecule has 1 aromatic rings. The summed E-state index contributed by atoms with van der Waals surface area (Å²) in [6.07, 6.45) is 10.4. The molecule has 2 aliphatic rings. The van der Waals surface area contributed by atoms with Crippen molar-refractivity contribution >= 4 is 17.6 Å². The molecule has 3 rings (SSSR count). The van der Waals surface area contributed by atoms with Crippen molar-refractivity contribution < 1.29 is 4.74 Å². The number of hydrogen-bond acceptors (Lipinski definition) is 6. The highest BCUT2D eigenvalue weighted by Crippen LogP contribution is 2.40. The number of benzene rings is 1. The van der Waals surface area contributed by atoms with Crippen LogP contribution in [-0.2, 0) is 0 Å². The van der Waals surface area contributed by atoms with Gasteiger partial charge in [0.25, 0.3) is 0 Å². The van der Waals surface area contributed by atoms with Crippen LogP contribution >= 0.6 is 0 Å². The zero-order valence-electron chi connectivity index (χ0n) is 13.0. The highest BCUT2D eigenvalue weighted by molar-refractivity contribution is 6.05. The Hall–Kier alpha value is -2.68. The zero-order valence-corrected chi connectivity index (χ0v) is 13.0. The summed E-state index contributed by atoms with van der Waals surface area (Å²) in [6, 6.07) is 7.65. The minimum absolute atomic E-state index is 0.225. The fraction of sp³-hybridized carbons (Fsp3) is 0.412. The Labute approximate surface area is 136 Å². The first kappa shape index (κ1) is 15.2. The number of guanidine groups is 2. The third kappa shape index (κ3) is 2.95. The van der Waals surface area contributed by atoms with Crippen molar-refractivity contribution in [3.05, 3.63) is 24.3 Å². The summed E-state index contributed by atoms with van der Waals surface area (Å²) < 4.78 is 5.51. The molecule has 1 aliphatic carbocycles. The Balaban J connectivity index is 1.98. The fourth-order valence-electron chi connectivity index (χ4n) is 3.33. The second-order valence-electron chi connectivity index (χ2n) is 5.81. The van der Waals surface area contributed by atoms with Crippen LogP contribution in [-0.4, -0.2) is 24.2 Å². The van der Waals surface area contributed by atoms with Gasteiger partial charge >= 0.3 is 0 Å². The number of terminal acetylenes is 1. The maximum atomic E-state index is 6.20. The average molecular weight is 311 g/mol. The van der Waals surface area contributed by atoms with E-state index in [1.807, 2.05) is 29.2 Å². The van der Waals surface area contributed by atoms with Crippen LogP contribution in [0, 0.1) is 12.3 Å². The van der Waals surface area contributed by atoms with Gasteiger partial charge in [-0.3, -0.25) is 4.90 Å². The number of ether oxygens (including phenoxy) is 1. The van der Waals surface area contributed by atoms with E-state index in [0.29, 0.717) is 11.7 Å². The lowest BCUT2D eigenvalue weighted by atomic mass is 9.87. The van der Waals surface area contributed by atoms with Gasteiger partial charge in [-0.05, 0) is 37.8 Å². The predicted octanol–water partition coefficient (Wildman–Crippen LogP) is 1.81. The van der Waals surface area contributed by atoms with Gasteiger partial charge < -0.3 is 16.2 Å². The second kappa shape index (κ2) is 6.21. The van der Waals surface area contributed by atoms with Gasteiger partial charge in [0.1, 0.15) is 18.0 Å². The Kier molecular flexibility index (Phi) is 4.11. The van der Waals surface area contributed by atoms with Gasteiger partial charge in [-0.15, -0.1) is 6.42 Å². The van der Waals surface area contributed by atoms with E-state index < -0.39 is 5.66 Å². The highest BCUT2D eigenvalue weighted by Gasteiger charge is 2.42. The molecule has 0 atom stereocenters. The summed E-state index contributed by atoms with van der Waals surface area (Å²) in [6.45, 7) is 0.225. The lowest BCUT2D eigenvalue weighted by molar-refractivity contribution is 0.305. The lowest BCUT2D eigenvalue weighted by Crippen LogP contribution is -2.58. The van der Waals surface area contributed by atoms with Gasteiger partial charge in [0.05, 0.1) is 0 Å². The molecular weight excluding hydrogens is 290 g/mol. The van der Waals surface area contributed by atoms with E-state index in [4.69, 9.17) is 22.6 Å². The Morgan fingerprint density at radius 2 is 2.04 bits per heavy atom. The van der Waals surface area contributed by atoms with Crippen LogP contribution in [0.15, 0.2) is 34.3 Å². The summed E-state index contributed by atoms with van der Waals surface area (Å²) in [4.78, 5) is 10.8. The molecule has 1 aliphatic heterocycles. The predicted molar refractivity (Wildman–Crippen MR) is 92.3 cm³/mol. The third-order valence-corrected chi connectivity index (χ3v) is 4.25. The van der Waals surface area contributed by atoms with Crippen molar-refractivity contribution in [3.8, 4) is 18.1 Å². The molecule has 120 valence electrons. The molecule has 4 N–H and O–H groups in total. The number of hydrogen-bond donors (Lipinski definition) is 2. The van der Waals surface area contributed by atoms with Gasteiger partial charge in [0, 0.05) is 11.8 Å². The summed E-state index contributed by atoms with van der Waals surface area (Å²) in [5.74, 6) is 3.78. The molecular formula is C17H21N5O. The van der Waals surface area contributed by atoms with E-state index in [0.717, 1.165) is 31.4 Å². The summed E-state index contributed by atoms with van der Waals surface area (Å²) in [5.41, 5.74) is 12.5. The van der Waals surface area contributed by atoms with Crippen LogP contribution < -0.4 is 21.1 Å². The molecule has 0 saturated heterocycles. The number of nitrogens with zero attached hydrogens (tertiary/aromatic N) is 3. The molecule has 23 heavy (non-hydrogen) atoms. The molecule has 0 amide bonds. The first-order valence-corrected chi connectivity index (χ1v) is 7.81. The van der Waals surface area contributed by atoms with Crippen LogP contribution in [0.25, 0.3) is 0 Å². The highest BCUT2D eigenvalue weighted by atomic mass is 16.5. The number of rotatable bonds is 3. The third-order valence-electron chi connectivity index (χ3n) is 4.25. The topological polar surface area (TPSA) is 89.2 Å². The molecule has 6 nitrogen and oxygen atoms in total. The van der Waals surface area contributed by atoms with Crippen molar-refractivity contribution in [1.29, 1.82) is 0 Å². The van der Waals surface area contributed by atoms with Crippen LogP contribution in [0.4, 0.5) is 5.69 Å². The standard InChI is InChI=1S/C17H21N5O/c1-2-11-23-14-8-6-7-13(12-14)22-16(19)20-15(18)21-17(22)9-4-3-5-10-17/h1,6-8,12H,3-5,9-11H2,(H4,18,19,20,21). The van der Waals surface area contributed by atoms with Crippen molar-refractivity contribution in [2.75, 3.05) is 11.5 Å². The summed E-state index contributed by atoms with van der Waals surface area (Å²) in [7, 11) is 0. The Bertz CT molecular complexity index is 682. The van der Waals surface area contributed by atoms with Crippen LogP contribution in [0.5, 0.6) is 5.75 Å². The maximum absolute atomic E-state index is 6.20. The maximum Gasteiger partial charge on any atom is 0.220 e. The van der Waals surface area contributed by atoms with Crippen LogP contribution in [0.1, 0.15) is 32.1 Å². The van der Waals surface area contributed by atoms with Crippen LogP contribution in [0.3, 0.4) is 0 Å². The number of nitrogens with two attached hydrogens (primary N) is 2. The summed E-state index contributed by atoms with van der Waals surface area (Å²) in [5, 5.41) is 0. The van der Waals surface area contributed by atoms with E-state index >= 15 is 0 Å². The quantitative estimate of drug-likeness (QED) is 0.833. The lowest BCUT2D eigenvalue weighted by Gasteiger charge is -2.45. The molecule has 0 radical (unpaired) electrons. The molecule has 0 unspecified atom stereocenters. The average Bonchev–Trinajstić information content (AvgIpc) is 2.53. The molecule has 0 aromatic heterocycles. The SMILES string of the molecule is C#CCOc1cccc(N2C(N)=NC(N)=NC23CCCCC3)c1.